The summed E-state index contributed by atoms with van der Waals surface area (Å²) in [6.45, 7) is 1.84. The molecule has 7 atom stereocenters. The van der Waals surface area contributed by atoms with Gasteiger partial charge in [0.15, 0.2) is 6.61 Å². The normalized spacial score (nSPS) is 28.0. The second kappa shape index (κ2) is 10.5. The molecule has 0 radical (unpaired) electrons. The van der Waals surface area contributed by atoms with E-state index >= 15 is 0 Å². The minimum Gasteiger partial charge on any atom is -0.484 e. The summed E-state index contributed by atoms with van der Waals surface area (Å²) < 4.78 is 5.92. The number of aryl methyl sites for hydroxylation is 1. The number of aromatic nitrogens is 1. The van der Waals surface area contributed by atoms with E-state index in [0.717, 1.165) is 27.5 Å². The van der Waals surface area contributed by atoms with Gasteiger partial charge in [0.1, 0.15) is 5.75 Å². The van der Waals surface area contributed by atoms with Gasteiger partial charge < -0.3 is 15.0 Å². The lowest BCUT2D eigenvalue weighted by atomic mass is 9.68. The number of nitrogens with zero attached hydrogens (tertiary/aromatic N) is 1. The Hall–Kier alpha value is -4.15. The Morgan fingerprint density at radius 2 is 1.70 bits per heavy atom. The number of thiazole rings is 1. The Kier molecular flexibility index (Phi) is 6.53. The standard InChI is InChI=1S/C34H29N3O5S2/c1-17-10-12-20(13-11-17)37-32(39)27-22-15-23(28(27)33(37)40)29-26(22)25(30-31(43-29)36-34(41)44-30)18-6-5-9-21(14-18)42-16-24(38)35-19-7-3-2-4-8-19/h2-14,22-23,25-29H,15-16H2,1H3,(H,35,38)(H,36,41)/t22-,23-,25-,26?,27?,28?,29?/m1/s1. The van der Waals surface area contributed by atoms with E-state index in [1.807, 2.05) is 85.8 Å². The molecule has 4 unspecified atom stereocenters. The predicted molar refractivity (Wildman–Crippen MR) is 169 cm³/mol. The molecule has 10 heteroatoms. The van der Waals surface area contributed by atoms with Crippen molar-refractivity contribution in [1.29, 1.82) is 0 Å². The van der Waals surface area contributed by atoms with E-state index < -0.39 is 0 Å². The third-order valence-corrected chi connectivity index (χ3v) is 12.2. The van der Waals surface area contributed by atoms with E-state index in [-0.39, 0.29) is 70.0 Å². The van der Waals surface area contributed by atoms with Crippen molar-refractivity contribution in [1.82, 2.24) is 4.98 Å². The molecule has 2 saturated carbocycles. The summed E-state index contributed by atoms with van der Waals surface area (Å²) in [5.41, 5.74) is 3.39. The number of benzene rings is 3. The van der Waals surface area contributed by atoms with Gasteiger partial charge in [-0.25, -0.2) is 0 Å². The second-order valence-corrected chi connectivity index (χ2v) is 14.3. The summed E-state index contributed by atoms with van der Waals surface area (Å²) in [6.07, 6.45) is 0.822. The van der Waals surface area contributed by atoms with E-state index in [2.05, 4.69) is 10.3 Å². The van der Waals surface area contributed by atoms with Crippen LogP contribution in [-0.4, -0.2) is 34.6 Å². The summed E-state index contributed by atoms with van der Waals surface area (Å²) in [6, 6.07) is 24.5. The molecule has 222 valence electrons. The summed E-state index contributed by atoms with van der Waals surface area (Å²) in [4.78, 5) is 58.3. The van der Waals surface area contributed by atoms with Crippen molar-refractivity contribution in [3.05, 3.63) is 105 Å². The minimum atomic E-state index is -0.364. The molecule has 2 N–H and O–H groups in total. The number of hydrogen-bond acceptors (Lipinski definition) is 7. The average molecular weight is 624 g/mol. The molecule has 3 aromatic carbocycles. The second-order valence-electron chi connectivity index (χ2n) is 12.1. The number of rotatable bonds is 6. The fourth-order valence-electron chi connectivity index (χ4n) is 8.00. The highest BCUT2D eigenvalue weighted by Crippen LogP contribution is 2.68. The lowest BCUT2D eigenvalue weighted by Gasteiger charge is -2.43. The lowest BCUT2D eigenvalue weighted by molar-refractivity contribution is -0.123. The van der Waals surface area contributed by atoms with Gasteiger partial charge in [0, 0.05) is 21.7 Å². The molecule has 1 saturated heterocycles. The molecule has 4 aromatic rings. The molecule has 44 heavy (non-hydrogen) atoms. The third-order valence-electron chi connectivity index (χ3n) is 9.66. The highest BCUT2D eigenvalue weighted by Gasteiger charge is 2.69. The number of aromatic amines is 1. The van der Waals surface area contributed by atoms with Gasteiger partial charge in [0.05, 0.1) is 22.5 Å². The maximum Gasteiger partial charge on any atom is 0.305 e. The molecule has 8 rings (SSSR count). The fraction of sp³-hybridized carbons (Fsp3) is 0.294. The van der Waals surface area contributed by atoms with Gasteiger partial charge in [0.25, 0.3) is 5.91 Å². The maximum atomic E-state index is 14.0. The zero-order valence-corrected chi connectivity index (χ0v) is 25.4. The number of ether oxygens (including phenoxy) is 1. The van der Waals surface area contributed by atoms with Crippen LogP contribution in [-0.2, 0) is 14.4 Å². The van der Waals surface area contributed by atoms with Crippen LogP contribution < -0.4 is 19.8 Å². The van der Waals surface area contributed by atoms with Gasteiger partial charge in [-0.2, -0.15) is 0 Å². The number of H-pyrrole nitrogens is 1. The number of thioether (sulfide) groups is 1. The van der Waals surface area contributed by atoms with Crippen molar-refractivity contribution in [2.24, 2.45) is 29.6 Å². The Balaban J connectivity index is 1.10. The van der Waals surface area contributed by atoms with Gasteiger partial charge in [-0.3, -0.25) is 24.1 Å². The first-order valence-corrected chi connectivity index (χ1v) is 16.5. The van der Waals surface area contributed by atoms with Crippen LogP contribution in [0.5, 0.6) is 5.75 Å². The first-order chi connectivity index (χ1) is 21.4. The smallest absolute Gasteiger partial charge is 0.305 e. The molecule has 2 aliphatic heterocycles. The number of imide groups is 1. The monoisotopic (exact) mass is 623 g/mol. The Morgan fingerprint density at radius 3 is 2.48 bits per heavy atom. The van der Waals surface area contributed by atoms with Gasteiger partial charge in [0.2, 0.25) is 11.8 Å². The number of para-hydroxylation sites is 1. The largest absolute Gasteiger partial charge is 0.484 e. The number of carbonyl (C=O) groups excluding carboxylic acids is 3. The van der Waals surface area contributed by atoms with Crippen LogP contribution in [0.2, 0.25) is 0 Å². The van der Waals surface area contributed by atoms with Crippen molar-refractivity contribution < 1.29 is 19.1 Å². The number of nitrogens with one attached hydrogen (secondary N) is 2. The Morgan fingerprint density at radius 1 is 0.955 bits per heavy atom. The summed E-state index contributed by atoms with van der Waals surface area (Å²) in [5, 5.41) is 3.79. The molecule has 3 fully saturated rings. The van der Waals surface area contributed by atoms with Crippen molar-refractivity contribution >= 4 is 52.2 Å². The van der Waals surface area contributed by atoms with E-state index in [9.17, 15) is 19.2 Å². The maximum absolute atomic E-state index is 14.0. The minimum absolute atomic E-state index is 0.0194. The number of amides is 3. The number of carbonyl (C=O) groups is 3. The lowest BCUT2D eigenvalue weighted by Crippen LogP contribution is -2.42. The summed E-state index contributed by atoms with van der Waals surface area (Å²) in [7, 11) is 0. The van der Waals surface area contributed by atoms with Crippen LogP contribution in [0, 0.1) is 36.5 Å². The van der Waals surface area contributed by atoms with Gasteiger partial charge in [-0.1, -0.05) is 59.4 Å². The zero-order valence-electron chi connectivity index (χ0n) is 23.8. The van der Waals surface area contributed by atoms with E-state index in [0.29, 0.717) is 17.1 Å². The van der Waals surface area contributed by atoms with Crippen LogP contribution in [0.1, 0.15) is 28.3 Å². The first-order valence-electron chi connectivity index (χ1n) is 14.8. The highest BCUT2D eigenvalue weighted by atomic mass is 32.2. The molecule has 3 heterocycles. The molecule has 4 aliphatic rings. The molecule has 1 aromatic heterocycles. The van der Waals surface area contributed by atoms with E-state index in [4.69, 9.17) is 4.74 Å². The van der Waals surface area contributed by atoms with Crippen molar-refractivity contribution in [2.75, 3.05) is 16.8 Å². The summed E-state index contributed by atoms with van der Waals surface area (Å²) in [5.74, 6) is -0.589. The van der Waals surface area contributed by atoms with Gasteiger partial charge >= 0.3 is 4.87 Å². The van der Waals surface area contributed by atoms with E-state index in [1.54, 1.807) is 11.8 Å². The van der Waals surface area contributed by atoms with Crippen LogP contribution in [0.25, 0.3) is 0 Å². The third kappa shape index (κ3) is 4.34. The molecule has 0 spiro atoms. The molecule has 3 amide bonds. The van der Waals surface area contributed by atoms with Crippen molar-refractivity contribution in [3.8, 4) is 5.75 Å². The van der Waals surface area contributed by atoms with Crippen molar-refractivity contribution in [3.63, 3.8) is 0 Å². The van der Waals surface area contributed by atoms with Crippen LogP contribution in [0.4, 0.5) is 11.4 Å². The molecule has 2 bridgehead atoms. The number of hydrogen-bond donors (Lipinski definition) is 2. The molecular formula is C34H29N3O5S2. The SMILES string of the molecule is Cc1ccc(N2C(=O)C3C(C2=O)[C@@H]2C[C@H]3C3Sc4[nH]c(=O)sc4[C@H](c4cccc(OCC(=O)Nc5ccccc5)c4)C32)cc1. The molecular weight excluding hydrogens is 595 g/mol. The van der Waals surface area contributed by atoms with Gasteiger partial charge in [-0.05, 0) is 73.1 Å². The average Bonchev–Trinajstić information content (AvgIpc) is 3.76. The van der Waals surface area contributed by atoms with Crippen LogP contribution >= 0.6 is 23.1 Å². The quantitative estimate of drug-likeness (QED) is 0.277. The molecule has 8 nitrogen and oxygen atoms in total. The van der Waals surface area contributed by atoms with E-state index in [1.165, 1.54) is 16.2 Å². The van der Waals surface area contributed by atoms with Crippen LogP contribution in [0.3, 0.4) is 0 Å². The number of fused-ring (bicyclic) bond motifs is 9. The van der Waals surface area contributed by atoms with Gasteiger partial charge in [-0.15, -0.1) is 11.8 Å². The fourth-order valence-corrected chi connectivity index (χ4v) is 10.9. The van der Waals surface area contributed by atoms with Crippen LogP contribution in [0.15, 0.2) is 88.7 Å². The topological polar surface area (TPSA) is 109 Å². The first kappa shape index (κ1) is 27.4. The van der Waals surface area contributed by atoms with Crippen molar-refractivity contribution in [2.45, 2.75) is 29.5 Å². The Bertz CT molecular complexity index is 1850. The molecule has 2 aliphatic carbocycles. The Labute approximate surface area is 261 Å². The zero-order chi connectivity index (χ0) is 30.1. The number of anilines is 2. The highest BCUT2D eigenvalue weighted by molar-refractivity contribution is 8.00. The summed E-state index contributed by atoms with van der Waals surface area (Å²) >= 11 is 2.89. The predicted octanol–water partition coefficient (Wildman–Crippen LogP) is 5.44.